The van der Waals surface area contributed by atoms with Crippen LogP contribution in [0.3, 0.4) is 0 Å². The number of carbonyl (C=O) groups is 4. The van der Waals surface area contributed by atoms with E-state index in [1.165, 1.54) is 11.0 Å². The molecule has 0 radical (unpaired) electrons. The molecule has 198 valence electrons. The van der Waals surface area contributed by atoms with Crippen LogP contribution in [0.1, 0.15) is 45.6 Å². The van der Waals surface area contributed by atoms with Crippen molar-refractivity contribution in [2.75, 3.05) is 13.2 Å². The lowest BCUT2D eigenvalue weighted by Crippen LogP contribution is -2.59. The van der Waals surface area contributed by atoms with Crippen molar-refractivity contribution in [2.45, 2.75) is 70.4 Å². The molecule has 1 heterocycles. The van der Waals surface area contributed by atoms with E-state index >= 15 is 0 Å². The summed E-state index contributed by atoms with van der Waals surface area (Å²) in [5.41, 5.74) is -2.49. The van der Waals surface area contributed by atoms with Crippen LogP contribution >= 0.6 is 0 Å². The molecular weight excluding hydrogens is 480 g/mol. The first-order valence-electron chi connectivity index (χ1n) is 11.6. The summed E-state index contributed by atoms with van der Waals surface area (Å²) in [5, 5.41) is 24.1. The smallest absolute Gasteiger partial charge is 0.341 e. The minimum atomic E-state index is -1.99. The number of hydrogen-bond donors (Lipinski definition) is 4. The molecule has 3 atom stereocenters. The van der Waals surface area contributed by atoms with Crippen LogP contribution in [0.2, 0.25) is 0 Å². The summed E-state index contributed by atoms with van der Waals surface area (Å²) in [7, 11) is 0. The van der Waals surface area contributed by atoms with E-state index in [9.17, 15) is 33.1 Å². The Morgan fingerprint density at radius 2 is 1.92 bits per heavy atom. The van der Waals surface area contributed by atoms with Crippen molar-refractivity contribution in [1.29, 1.82) is 0 Å². The molecule has 36 heavy (non-hydrogen) atoms. The molecule has 1 aliphatic carbocycles. The van der Waals surface area contributed by atoms with E-state index in [0.717, 1.165) is 12.1 Å². The highest BCUT2D eigenvalue weighted by molar-refractivity contribution is 5.95. The fraction of sp³-hybridized carbons (Fsp3) is 0.583. The van der Waals surface area contributed by atoms with Gasteiger partial charge in [0, 0.05) is 31.1 Å². The Morgan fingerprint density at radius 1 is 1.25 bits per heavy atom. The molecule has 3 rings (SSSR count). The third-order valence-corrected chi connectivity index (χ3v) is 6.18. The van der Waals surface area contributed by atoms with Crippen LogP contribution in [0.5, 0.6) is 5.75 Å². The molecule has 0 bridgehead atoms. The lowest BCUT2D eigenvalue weighted by molar-refractivity contribution is -0.145. The first-order chi connectivity index (χ1) is 16.7. The van der Waals surface area contributed by atoms with Crippen LogP contribution in [0.15, 0.2) is 18.2 Å². The van der Waals surface area contributed by atoms with Crippen molar-refractivity contribution >= 4 is 23.7 Å². The quantitative estimate of drug-likeness (QED) is 0.385. The topological polar surface area (TPSA) is 145 Å². The number of likely N-dealkylation sites (tertiary alicyclic amines) is 1. The van der Waals surface area contributed by atoms with Crippen molar-refractivity contribution in [3.8, 4) is 5.75 Å². The predicted molar refractivity (Wildman–Crippen MR) is 122 cm³/mol. The van der Waals surface area contributed by atoms with Gasteiger partial charge in [0.25, 0.3) is 5.91 Å². The summed E-state index contributed by atoms with van der Waals surface area (Å²) >= 11 is 0. The van der Waals surface area contributed by atoms with E-state index in [4.69, 9.17) is 9.84 Å². The monoisotopic (exact) mass is 511 g/mol. The van der Waals surface area contributed by atoms with Gasteiger partial charge in [-0.2, -0.15) is 0 Å². The van der Waals surface area contributed by atoms with Crippen molar-refractivity contribution in [2.24, 2.45) is 5.41 Å². The number of nitrogens with one attached hydrogen (secondary N) is 2. The lowest BCUT2D eigenvalue weighted by atomic mass is 9.85. The van der Waals surface area contributed by atoms with Gasteiger partial charge in [-0.1, -0.05) is 26.8 Å². The highest BCUT2D eigenvalue weighted by Crippen LogP contribution is 2.40. The number of carboxylic acid groups (broad SMARTS) is 1. The highest BCUT2D eigenvalue weighted by Gasteiger charge is 2.53. The number of aliphatic hydroxyl groups is 1. The molecule has 2 fully saturated rings. The normalized spacial score (nSPS) is 21.4. The first kappa shape index (κ1) is 27.3. The molecular formula is C24H31F2N3O7. The molecule has 10 nitrogen and oxygen atoms in total. The molecule has 1 aliphatic heterocycles. The molecule has 2 aliphatic rings. The third kappa shape index (κ3) is 6.48. The number of alkyl halides is 1. The minimum absolute atomic E-state index is 0.0543. The highest BCUT2D eigenvalue weighted by atomic mass is 19.1. The Labute approximate surface area is 207 Å². The van der Waals surface area contributed by atoms with Gasteiger partial charge in [-0.05, 0) is 24.3 Å². The number of carbonyl (C=O) groups excluding carboxylic acids is 3. The molecule has 1 saturated heterocycles. The first-order valence-corrected chi connectivity index (χ1v) is 11.6. The van der Waals surface area contributed by atoms with Gasteiger partial charge in [-0.25, -0.2) is 13.6 Å². The van der Waals surface area contributed by atoms with Crippen molar-refractivity contribution < 1.29 is 42.9 Å². The number of nitrogens with zero attached hydrogens (tertiary/aromatic N) is 1. The van der Waals surface area contributed by atoms with Crippen LogP contribution in [0.25, 0.3) is 0 Å². The zero-order valence-electron chi connectivity index (χ0n) is 20.3. The summed E-state index contributed by atoms with van der Waals surface area (Å²) in [4.78, 5) is 50.7. The molecule has 0 aromatic heterocycles. The number of aliphatic carboxylic acids is 1. The minimum Gasteiger partial charge on any atom is -0.481 e. The van der Waals surface area contributed by atoms with Crippen molar-refractivity contribution in [1.82, 2.24) is 15.5 Å². The van der Waals surface area contributed by atoms with E-state index in [2.05, 4.69) is 10.6 Å². The largest absolute Gasteiger partial charge is 0.481 e. The van der Waals surface area contributed by atoms with Crippen molar-refractivity contribution in [3.05, 3.63) is 29.6 Å². The van der Waals surface area contributed by atoms with Crippen LogP contribution in [0.4, 0.5) is 8.78 Å². The number of aliphatic hydroxyl groups excluding tert-OH is 1. The molecule has 1 aromatic rings. The van der Waals surface area contributed by atoms with Gasteiger partial charge in [0.1, 0.15) is 23.7 Å². The van der Waals surface area contributed by atoms with Gasteiger partial charge in [0.05, 0.1) is 6.10 Å². The second-order valence-electron chi connectivity index (χ2n) is 10.3. The molecule has 1 aromatic carbocycles. The number of hydrogen-bond acceptors (Lipinski definition) is 6. The Balaban J connectivity index is 1.72. The Bertz CT molecular complexity index is 1040. The third-order valence-electron chi connectivity index (χ3n) is 6.18. The maximum atomic E-state index is 14.3. The number of rotatable bonds is 9. The van der Waals surface area contributed by atoms with Crippen LogP contribution in [-0.2, 0) is 25.7 Å². The summed E-state index contributed by atoms with van der Waals surface area (Å²) < 4.78 is 32.9. The predicted octanol–water partition coefficient (Wildman–Crippen LogP) is 0.900. The maximum absolute atomic E-state index is 14.3. The molecule has 12 heteroatoms. The van der Waals surface area contributed by atoms with Crippen LogP contribution in [-0.4, -0.2) is 75.8 Å². The fourth-order valence-corrected chi connectivity index (χ4v) is 3.97. The molecule has 3 amide bonds. The van der Waals surface area contributed by atoms with Crippen LogP contribution < -0.4 is 15.4 Å². The average Bonchev–Trinajstić information content (AvgIpc) is 3.42. The zero-order chi connectivity index (χ0) is 26.8. The van der Waals surface area contributed by atoms with Gasteiger partial charge < -0.3 is 30.5 Å². The summed E-state index contributed by atoms with van der Waals surface area (Å²) in [5.74, 6) is -4.09. The number of β-amino-alcohol motifs (C(OH)–C–C–N with tert-alkyl or cyclic N) is 1. The number of halogens is 2. The SMILES string of the molecule is CC(C)(C)[C@H](NC(=O)C1(F)CC1)C(=O)N1C[C@H](O)C[C@H]1C(=O)NCc1ccc(F)cc1OCC(=O)O. The summed E-state index contributed by atoms with van der Waals surface area (Å²) in [6, 6.07) is 1.24. The fourth-order valence-electron chi connectivity index (χ4n) is 3.97. The van der Waals surface area contributed by atoms with Crippen molar-refractivity contribution in [3.63, 3.8) is 0 Å². The van der Waals surface area contributed by atoms with E-state index < -0.39 is 65.4 Å². The van der Waals surface area contributed by atoms with Gasteiger partial charge in [-0.15, -0.1) is 0 Å². The standard InChI is InChI=1S/C24H31F2N3O7/c1-23(2,3)19(28-22(35)24(26)6-7-24)21(34)29-11-15(30)9-16(29)20(33)27-10-13-4-5-14(25)8-17(13)36-12-18(31)32/h4-5,8,15-16,19,30H,6-7,9-12H2,1-3H3,(H,27,33)(H,28,35)(H,31,32)/t15-,16+,19-/m1/s1. The van der Waals surface area contributed by atoms with E-state index in [0.29, 0.717) is 5.56 Å². The second-order valence-corrected chi connectivity index (χ2v) is 10.3. The van der Waals surface area contributed by atoms with E-state index in [1.807, 2.05) is 0 Å². The van der Waals surface area contributed by atoms with Crippen LogP contribution in [0, 0.1) is 11.2 Å². The van der Waals surface area contributed by atoms with Gasteiger partial charge >= 0.3 is 5.97 Å². The van der Waals surface area contributed by atoms with E-state index in [-0.39, 0.29) is 38.1 Å². The number of amides is 3. The molecule has 0 unspecified atom stereocenters. The molecule has 4 N–H and O–H groups in total. The number of ether oxygens (including phenoxy) is 1. The average molecular weight is 512 g/mol. The Morgan fingerprint density at radius 3 is 2.50 bits per heavy atom. The lowest BCUT2D eigenvalue weighted by Gasteiger charge is -2.35. The second kappa shape index (κ2) is 10.4. The van der Waals surface area contributed by atoms with Gasteiger partial charge in [0.2, 0.25) is 11.8 Å². The zero-order valence-corrected chi connectivity index (χ0v) is 20.3. The number of carboxylic acids is 1. The van der Waals surface area contributed by atoms with Gasteiger partial charge in [-0.3, -0.25) is 14.4 Å². The summed E-state index contributed by atoms with van der Waals surface area (Å²) in [6.45, 7) is 4.07. The summed E-state index contributed by atoms with van der Waals surface area (Å²) in [6.07, 6.45) is -0.879. The Hall–Kier alpha value is -3.28. The maximum Gasteiger partial charge on any atom is 0.341 e. The Kier molecular flexibility index (Phi) is 7.87. The molecule has 0 spiro atoms. The molecule has 1 saturated carbocycles. The number of benzene rings is 1. The van der Waals surface area contributed by atoms with E-state index in [1.54, 1.807) is 20.8 Å². The van der Waals surface area contributed by atoms with Gasteiger partial charge in [0.15, 0.2) is 12.3 Å².